The van der Waals surface area contributed by atoms with Crippen molar-refractivity contribution in [3.05, 3.63) is 12.2 Å². The molecule has 0 bridgehead atoms. The number of allylic oxidation sites excluding steroid dienone is 2. The molecule has 0 aromatic heterocycles. The van der Waals surface area contributed by atoms with Gasteiger partial charge < -0.3 is 23.8 Å². The number of carboxylic acids is 1. The molecule has 2 atom stereocenters. The maximum Gasteiger partial charge on any atom is 0.362 e. The van der Waals surface area contributed by atoms with Gasteiger partial charge in [-0.1, -0.05) is 135 Å². The van der Waals surface area contributed by atoms with Crippen LogP contribution in [0.3, 0.4) is 0 Å². The molecule has 8 heteroatoms. The summed E-state index contributed by atoms with van der Waals surface area (Å²) in [6.45, 7) is 4.67. The molecule has 2 unspecified atom stereocenters. The predicted octanol–water partition coefficient (Wildman–Crippen LogP) is 9.97. The van der Waals surface area contributed by atoms with Crippen molar-refractivity contribution in [3.8, 4) is 0 Å². The number of carboxylic acid groups (broad SMARTS) is 1. The van der Waals surface area contributed by atoms with E-state index in [1.54, 1.807) is 0 Å². The highest BCUT2D eigenvalue weighted by molar-refractivity contribution is 5.72. The number of unbranched alkanes of at least 4 members (excludes halogenated alkanes) is 19. The normalized spacial score (nSPS) is 13.1. The smallest absolute Gasteiger partial charge is 0.362 e. The molecule has 0 heterocycles. The van der Waals surface area contributed by atoms with Crippen LogP contribution < -0.4 is 0 Å². The summed E-state index contributed by atoms with van der Waals surface area (Å²) in [6.07, 6.45) is 31.1. The molecule has 282 valence electrons. The van der Waals surface area contributed by atoms with E-state index >= 15 is 0 Å². The van der Waals surface area contributed by atoms with Gasteiger partial charge in [-0.3, -0.25) is 9.59 Å². The monoisotopic (exact) mass is 683 g/mol. The largest absolute Gasteiger partial charge is 0.477 e. The summed E-state index contributed by atoms with van der Waals surface area (Å²) < 4.78 is 17.2. The van der Waals surface area contributed by atoms with Crippen LogP contribution in [-0.2, 0) is 28.6 Å². The van der Waals surface area contributed by atoms with Crippen LogP contribution in [0.15, 0.2) is 12.2 Å². The Balaban J connectivity index is 4.36. The Labute approximate surface area is 295 Å². The molecular formula is C40H76NO7+. The topological polar surface area (TPSA) is 99.1 Å². The molecule has 0 aliphatic rings. The molecule has 1 N–H and O–H groups in total. The van der Waals surface area contributed by atoms with Crippen LogP contribution in [-0.4, -0.2) is 80.6 Å². The number of likely N-dealkylation sites (N-methyl/N-ethyl adjacent to an activating group) is 1. The van der Waals surface area contributed by atoms with Gasteiger partial charge in [0, 0.05) is 19.3 Å². The second-order valence-electron chi connectivity index (χ2n) is 14.5. The zero-order valence-electron chi connectivity index (χ0n) is 32.0. The summed E-state index contributed by atoms with van der Waals surface area (Å²) in [7, 11) is 5.52. The van der Waals surface area contributed by atoms with E-state index < -0.39 is 18.1 Å². The molecule has 0 amide bonds. The van der Waals surface area contributed by atoms with Gasteiger partial charge in [0.1, 0.15) is 6.61 Å². The lowest BCUT2D eigenvalue weighted by molar-refractivity contribution is -0.887. The van der Waals surface area contributed by atoms with Crippen LogP contribution in [0.4, 0.5) is 0 Å². The number of ether oxygens (including phenoxy) is 3. The molecule has 48 heavy (non-hydrogen) atoms. The van der Waals surface area contributed by atoms with Gasteiger partial charge in [0.15, 0.2) is 12.1 Å². The van der Waals surface area contributed by atoms with Gasteiger partial charge in [-0.05, 0) is 32.1 Å². The first-order valence-corrected chi connectivity index (χ1v) is 19.7. The summed E-state index contributed by atoms with van der Waals surface area (Å²) in [5.41, 5.74) is 0. The number of aliphatic carboxylic acids is 1. The molecule has 0 spiro atoms. The third-order valence-corrected chi connectivity index (χ3v) is 8.90. The van der Waals surface area contributed by atoms with Gasteiger partial charge in [0.2, 0.25) is 0 Å². The molecule has 0 fully saturated rings. The molecule has 0 aromatic rings. The Hall–Kier alpha value is -1.93. The molecule has 0 radical (unpaired) electrons. The second-order valence-corrected chi connectivity index (χ2v) is 14.5. The number of nitrogens with zero attached hydrogens (tertiary/aromatic N) is 1. The van der Waals surface area contributed by atoms with Gasteiger partial charge in [-0.25, -0.2) is 4.79 Å². The lowest BCUT2D eigenvalue weighted by Gasteiger charge is -2.31. The number of esters is 2. The first kappa shape index (κ1) is 46.1. The summed E-state index contributed by atoms with van der Waals surface area (Å²) in [6, 6.07) is -0.610. The van der Waals surface area contributed by atoms with Gasteiger partial charge >= 0.3 is 17.9 Å². The zero-order valence-corrected chi connectivity index (χ0v) is 32.0. The highest BCUT2D eigenvalue weighted by Crippen LogP contribution is 2.15. The summed E-state index contributed by atoms with van der Waals surface area (Å²) in [5.74, 6) is -1.47. The number of quaternary nitrogens is 1. The first-order chi connectivity index (χ1) is 23.1. The van der Waals surface area contributed by atoms with Crippen molar-refractivity contribution in [2.75, 3.05) is 41.0 Å². The molecule has 0 rings (SSSR count). The molecular weight excluding hydrogens is 606 g/mol. The summed E-state index contributed by atoms with van der Waals surface area (Å²) in [4.78, 5) is 36.7. The van der Waals surface area contributed by atoms with Crippen LogP contribution in [0, 0.1) is 0 Å². The minimum absolute atomic E-state index is 0.0492. The number of hydrogen-bond acceptors (Lipinski definition) is 6. The van der Waals surface area contributed by atoms with Gasteiger partial charge in [-0.15, -0.1) is 0 Å². The maximum absolute atomic E-state index is 12.6. The molecule has 8 nitrogen and oxygen atoms in total. The van der Waals surface area contributed by atoms with E-state index in [9.17, 15) is 19.5 Å². The highest BCUT2D eigenvalue weighted by Gasteiger charge is 2.31. The van der Waals surface area contributed by atoms with Crippen molar-refractivity contribution in [1.29, 1.82) is 0 Å². The Bertz CT molecular complexity index is 808. The fourth-order valence-corrected chi connectivity index (χ4v) is 5.80. The average Bonchev–Trinajstić information content (AvgIpc) is 3.03. The third kappa shape index (κ3) is 30.2. The van der Waals surface area contributed by atoms with Crippen molar-refractivity contribution in [2.24, 2.45) is 0 Å². The van der Waals surface area contributed by atoms with Crippen LogP contribution in [0.25, 0.3) is 0 Å². The number of carbonyl (C=O) groups is 3. The van der Waals surface area contributed by atoms with Gasteiger partial charge in [-0.2, -0.15) is 0 Å². The fraction of sp³-hybridized carbons (Fsp3) is 0.875. The third-order valence-electron chi connectivity index (χ3n) is 8.90. The van der Waals surface area contributed by atoms with Crippen LogP contribution in [0.2, 0.25) is 0 Å². The summed E-state index contributed by atoms with van der Waals surface area (Å²) >= 11 is 0. The van der Waals surface area contributed by atoms with E-state index in [-0.39, 0.29) is 36.2 Å². The Morgan fingerprint density at radius 1 is 0.604 bits per heavy atom. The predicted molar refractivity (Wildman–Crippen MR) is 197 cm³/mol. The van der Waals surface area contributed by atoms with Gasteiger partial charge in [0.05, 0.1) is 34.4 Å². The van der Waals surface area contributed by atoms with Gasteiger partial charge in [0.25, 0.3) is 0 Å². The standard InChI is InChI=1S/C40H75NO7/c1-6-8-10-12-14-16-18-19-20-21-23-24-26-28-30-38(42)47-35-36(34-46-33-32-37(40(44)45)41(3,4)5)48-39(43)31-29-27-25-22-17-15-13-11-9-7-2/h11,13,36-37H,6-10,12,14-35H2,1-5H3/p+1/b13-11-. The van der Waals surface area contributed by atoms with Crippen molar-refractivity contribution >= 4 is 17.9 Å². The van der Waals surface area contributed by atoms with Crippen LogP contribution >= 0.6 is 0 Å². The Morgan fingerprint density at radius 3 is 1.58 bits per heavy atom. The van der Waals surface area contributed by atoms with E-state index in [0.29, 0.717) is 19.3 Å². The summed E-state index contributed by atoms with van der Waals surface area (Å²) in [5, 5.41) is 9.57. The lowest BCUT2D eigenvalue weighted by Crippen LogP contribution is -2.50. The Morgan fingerprint density at radius 2 is 1.08 bits per heavy atom. The Kier molecular flexibility index (Phi) is 31.0. The minimum atomic E-state index is -0.875. The number of carbonyl (C=O) groups excluding carboxylic acids is 2. The zero-order chi connectivity index (χ0) is 35.7. The molecule has 0 aliphatic carbocycles. The van der Waals surface area contributed by atoms with Crippen LogP contribution in [0.5, 0.6) is 0 Å². The minimum Gasteiger partial charge on any atom is -0.477 e. The van der Waals surface area contributed by atoms with Crippen molar-refractivity contribution in [3.63, 3.8) is 0 Å². The molecule has 0 aliphatic heterocycles. The highest BCUT2D eigenvalue weighted by atomic mass is 16.6. The van der Waals surface area contributed by atoms with E-state index in [2.05, 4.69) is 26.0 Å². The molecule has 0 saturated heterocycles. The molecule has 0 saturated carbocycles. The van der Waals surface area contributed by atoms with E-state index in [1.165, 1.54) is 83.5 Å². The number of rotatable bonds is 35. The van der Waals surface area contributed by atoms with Crippen LogP contribution in [0.1, 0.15) is 174 Å². The van der Waals surface area contributed by atoms with E-state index in [1.807, 2.05) is 21.1 Å². The number of hydrogen-bond donors (Lipinski definition) is 1. The van der Waals surface area contributed by atoms with E-state index in [4.69, 9.17) is 14.2 Å². The maximum atomic E-state index is 12.6. The second kappa shape index (κ2) is 32.3. The van der Waals surface area contributed by atoms with Crippen molar-refractivity contribution < 1.29 is 38.2 Å². The van der Waals surface area contributed by atoms with E-state index in [0.717, 1.165) is 57.8 Å². The lowest BCUT2D eigenvalue weighted by atomic mass is 10.0. The molecule has 0 aromatic carbocycles. The quantitative estimate of drug-likeness (QED) is 0.0307. The first-order valence-electron chi connectivity index (χ1n) is 19.7. The van der Waals surface area contributed by atoms with Crippen molar-refractivity contribution in [2.45, 2.75) is 187 Å². The fourth-order valence-electron chi connectivity index (χ4n) is 5.80. The SMILES string of the molecule is CCC/C=C\CCCCCCCC(=O)OC(COCCC(C(=O)O)[N+](C)(C)C)COC(=O)CCCCCCCCCCCCCCCC. The average molecular weight is 683 g/mol. The van der Waals surface area contributed by atoms with Crippen molar-refractivity contribution in [1.82, 2.24) is 0 Å².